The molecule has 1 aromatic heterocycles. The molecule has 28 heavy (non-hydrogen) atoms. The summed E-state index contributed by atoms with van der Waals surface area (Å²) in [5.74, 6) is 0. The van der Waals surface area contributed by atoms with E-state index in [4.69, 9.17) is 0 Å². The van der Waals surface area contributed by atoms with Gasteiger partial charge in [0.15, 0.2) is 0 Å². The number of benzene rings is 1. The van der Waals surface area contributed by atoms with Gasteiger partial charge in [0.05, 0.1) is 6.04 Å². The van der Waals surface area contributed by atoms with E-state index >= 15 is 0 Å². The number of likely N-dealkylation sites (N-methyl/N-ethyl adjacent to an activating group) is 1. The first kappa shape index (κ1) is 19.3. The molecule has 2 saturated heterocycles. The zero-order valence-electron chi connectivity index (χ0n) is 16.6. The highest BCUT2D eigenvalue weighted by molar-refractivity contribution is 5.26. The molecule has 2 fully saturated rings. The number of nitrogens with zero attached hydrogens (tertiary/aromatic N) is 3. The van der Waals surface area contributed by atoms with Crippen LogP contribution in [-0.2, 0) is 12.1 Å². The number of nitrogens with one attached hydrogen (secondary N) is 1. The van der Waals surface area contributed by atoms with Crippen molar-refractivity contribution < 1.29 is 5.11 Å². The van der Waals surface area contributed by atoms with Gasteiger partial charge >= 0.3 is 0 Å². The monoisotopic (exact) mass is 382 g/mol. The van der Waals surface area contributed by atoms with Gasteiger partial charge in [0.25, 0.3) is 0 Å². The Labute approximate surface area is 166 Å². The molecule has 2 aromatic rings. The van der Waals surface area contributed by atoms with Gasteiger partial charge in [0.2, 0.25) is 5.56 Å². The second kappa shape index (κ2) is 8.17. The van der Waals surface area contributed by atoms with Gasteiger partial charge in [-0.15, -0.1) is 0 Å². The van der Waals surface area contributed by atoms with E-state index in [1.807, 2.05) is 24.3 Å². The third-order valence-corrected chi connectivity index (χ3v) is 6.30. The lowest BCUT2D eigenvalue weighted by Crippen LogP contribution is -2.63. The van der Waals surface area contributed by atoms with Crippen LogP contribution >= 0.6 is 0 Å². The minimum Gasteiger partial charge on any atom is -0.383 e. The SMILES string of the molecule is CN1CCN([C@@H]2CN(Cc3ccc(=O)[nH]c3)CC[C@]2(O)c2ccccc2)CC1. The summed E-state index contributed by atoms with van der Waals surface area (Å²) in [6.45, 7) is 6.43. The van der Waals surface area contributed by atoms with Crippen molar-refractivity contribution in [2.24, 2.45) is 0 Å². The number of pyridine rings is 1. The highest BCUT2D eigenvalue weighted by atomic mass is 16.3. The van der Waals surface area contributed by atoms with Crippen LogP contribution in [0.3, 0.4) is 0 Å². The van der Waals surface area contributed by atoms with Crippen molar-refractivity contribution in [1.82, 2.24) is 19.7 Å². The molecule has 2 aliphatic heterocycles. The summed E-state index contributed by atoms with van der Waals surface area (Å²) in [4.78, 5) is 21.3. The van der Waals surface area contributed by atoms with Crippen LogP contribution in [0.2, 0.25) is 0 Å². The van der Waals surface area contributed by atoms with Crippen LogP contribution in [0.5, 0.6) is 0 Å². The summed E-state index contributed by atoms with van der Waals surface area (Å²) in [6.07, 6.45) is 2.50. The Hall–Kier alpha value is -1.99. The molecule has 0 aliphatic carbocycles. The first-order valence-corrected chi connectivity index (χ1v) is 10.1. The summed E-state index contributed by atoms with van der Waals surface area (Å²) in [5.41, 5.74) is 1.21. The number of likely N-dealkylation sites (tertiary alicyclic amines) is 1. The highest BCUT2D eigenvalue weighted by Gasteiger charge is 2.46. The summed E-state index contributed by atoms with van der Waals surface area (Å²) in [5, 5.41) is 11.8. The second-order valence-corrected chi connectivity index (χ2v) is 8.19. The van der Waals surface area contributed by atoms with E-state index in [9.17, 15) is 9.90 Å². The first-order valence-electron chi connectivity index (χ1n) is 10.1. The van der Waals surface area contributed by atoms with Gasteiger partial charge in [-0.25, -0.2) is 0 Å². The molecule has 2 N–H and O–H groups in total. The fraction of sp³-hybridized carbons (Fsp3) is 0.500. The third-order valence-electron chi connectivity index (χ3n) is 6.30. The minimum atomic E-state index is -0.835. The van der Waals surface area contributed by atoms with Crippen LogP contribution in [0.15, 0.2) is 53.5 Å². The van der Waals surface area contributed by atoms with E-state index in [-0.39, 0.29) is 11.6 Å². The maximum absolute atomic E-state index is 11.8. The predicted molar refractivity (Wildman–Crippen MR) is 110 cm³/mol. The smallest absolute Gasteiger partial charge is 0.247 e. The van der Waals surface area contributed by atoms with Gasteiger partial charge in [-0.1, -0.05) is 36.4 Å². The zero-order valence-corrected chi connectivity index (χ0v) is 16.6. The Kier molecular flexibility index (Phi) is 5.64. The van der Waals surface area contributed by atoms with E-state index in [2.05, 4.69) is 38.9 Å². The molecule has 6 heteroatoms. The lowest BCUT2D eigenvalue weighted by molar-refractivity contribution is -0.108. The number of rotatable bonds is 4. The summed E-state index contributed by atoms with van der Waals surface area (Å²) in [7, 11) is 2.16. The van der Waals surface area contributed by atoms with Crippen molar-refractivity contribution in [3.05, 3.63) is 70.1 Å². The number of H-pyrrole nitrogens is 1. The number of hydrogen-bond donors (Lipinski definition) is 2. The van der Waals surface area contributed by atoms with Gasteiger partial charge in [0, 0.05) is 58.1 Å². The molecule has 0 saturated carbocycles. The number of aromatic amines is 1. The van der Waals surface area contributed by atoms with Crippen molar-refractivity contribution in [1.29, 1.82) is 0 Å². The highest BCUT2D eigenvalue weighted by Crippen LogP contribution is 2.36. The average molecular weight is 383 g/mol. The molecular weight excluding hydrogens is 352 g/mol. The molecule has 0 bridgehead atoms. The van der Waals surface area contributed by atoms with Gasteiger partial charge in [-0.2, -0.15) is 0 Å². The second-order valence-electron chi connectivity index (χ2n) is 8.19. The molecule has 3 heterocycles. The van der Waals surface area contributed by atoms with E-state index in [0.717, 1.165) is 56.9 Å². The summed E-state index contributed by atoms with van der Waals surface area (Å²) >= 11 is 0. The van der Waals surface area contributed by atoms with Crippen molar-refractivity contribution in [2.45, 2.75) is 24.6 Å². The molecule has 0 unspecified atom stereocenters. The lowest BCUT2D eigenvalue weighted by Gasteiger charge is -2.51. The molecular formula is C22H30N4O2. The molecule has 1 aromatic carbocycles. The first-order chi connectivity index (χ1) is 13.5. The van der Waals surface area contributed by atoms with Crippen LogP contribution in [0.4, 0.5) is 0 Å². The fourth-order valence-corrected chi connectivity index (χ4v) is 4.54. The molecule has 4 rings (SSSR count). The Bertz CT molecular complexity index is 811. The van der Waals surface area contributed by atoms with Crippen LogP contribution in [0, 0.1) is 0 Å². The lowest BCUT2D eigenvalue weighted by atomic mass is 9.79. The maximum atomic E-state index is 11.8. The summed E-state index contributed by atoms with van der Waals surface area (Å²) < 4.78 is 0. The maximum Gasteiger partial charge on any atom is 0.247 e. The zero-order chi connectivity index (χ0) is 19.6. The van der Waals surface area contributed by atoms with Gasteiger partial charge < -0.3 is 15.0 Å². The molecule has 6 nitrogen and oxygen atoms in total. The van der Waals surface area contributed by atoms with Gasteiger partial charge in [-0.3, -0.25) is 14.6 Å². The molecule has 150 valence electrons. The number of hydrogen-bond acceptors (Lipinski definition) is 5. The topological polar surface area (TPSA) is 62.8 Å². The van der Waals surface area contributed by atoms with Crippen LogP contribution in [0.1, 0.15) is 17.5 Å². The minimum absolute atomic E-state index is 0.0557. The van der Waals surface area contributed by atoms with Gasteiger partial charge in [0.1, 0.15) is 5.60 Å². The summed E-state index contributed by atoms with van der Waals surface area (Å²) in [6, 6.07) is 13.7. The normalized spacial score (nSPS) is 27.7. The average Bonchev–Trinajstić information content (AvgIpc) is 2.72. The van der Waals surface area contributed by atoms with Crippen molar-refractivity contribution >= 4 is 0 Å². The van der Waals surface area contributed by atoms with Gasteiger partial charge in [-0.05, 0) is 24.6 Å². The van der Waals surface area contributed by atoms with Crippen molar-refractivity contribution in [2.75, 3.05) is 46.3 Å². The van der Waals surface area contributed by atoms with Crippen LogP contribution in [-0.4, -0.2) is 77.1 Å². The fourth-order valence-electron chi connectivity index (χ4n) is 4.54. The number of aromatic nitrogens is 1. The molecule has 0 radical (unpaired) electrons. The Morgan fingerprint density at radius 1 is 1.07 bits per heavy atom. The quantitative estimate of drug-likeness (QED) is 0.829. The van der Waals surface area contributed by atoms with E-state index in [0.29, 0.717) is 6.42 Å². The van der Waals surface area contributed by atoms with Crippen LogP contribution < -0.4 is 5.56 Å². The molecule has 2 atom stereocenters. The predicted octanol–water partition coefficient (Wildman–Crippen LogP) is 1.08. The third kappa shape index (κ3) is 4.05. The molecule has 0 spiro atoms. The molecule has 2 aliphatic rings. The largest absolute Gasteiger partial charge is 0.383 e. The molecule has 0 amide bonds. The van der Waals surface area contributed by atoms with Crippen LogP contribution in [0.25, 0.3) is 0 Å². The van der Waals surface area contributed by atoms with E-state index in [1.54, 1.807) is 12.3 Å². The Morgan fingerprint density at radius 2 is 1.82 bits per heavy atom. The Balaban J connectivity index is 1.56. The van der Waals surface area contributed by atoms with E-state index in [1.165, 1.54) is 0 Å². The van der Waals surface area contributed by atoms with Crippen molar-refractivity contribution in [3.8, 4) is 0 Å². The van der Waals surface area contributed by atoms with Crippen molar-refractivity contribution in [3.63, 3.8) is 0 Å². The standard InChI is InChI=1S/C22H30N4O2/c1-24-11-13-26(14-12-24)20-17-25(16-18-7-8-21(27)23-15-18)10-9-22(20,28)19-5-3-2-4-6-19/h2-8,15,20,28H,9-14,16-17H2,1H3,(H,23,27)/t20-,22+/m1/s1. The number of piperazine rings is 1. The van der Waals surface area contributed by atoms with E-state index < -0.39 is 5.60 Å². The number of piperidine rings is 1. The Morgan fingerprint density at radius 3 is 2.50 bits per heavy atom. The number of aliphatic hydroxyl groups is 1.